The van der Waals surface area contributed by atoms with Gasteiger partial charge in [0.2, 0.25) is 0 Å². The highest BCUT2D eigenvalue weighted by Crippen LogP contribution is 2.18. The Kier molecular flexibility index (Phi) is 2.91. The van der Waals surface area contributed by atoms with E-state index < -0.39 is 11.9 Å². The molecule has 0 fully saturated rings. The molecule has 86 valence electrons. The van der Waals surface area contributed by atoms with Gasteiger partial charge in [0.15, 0.2) is 5.78 Å². The van der Waals surface area contributed by atoms with Crippen LogP contribution < -0.4 is 0 Å². The minimum atomic E-state index is -1.09. The molecule has 3 heteroatoms. The zero-order valence-electron chi connectivity index (χ0n) is 9.38. The van der Waals surface area contributed by atoms with Crippen molar-refractivity contribution in [2.75, 3.05) is 0 Å². The molecule has 0 saturated carbocycles. The number of carbonyl (C=O) groups excluding carboxylic acids is 1. The van der Waals surface area contributed by atoms with Crippen LogP contribution in [0.2, 0.25) is 0 Å². The van der Waals surface area contributed by atoms with Crippen LogP contribution in [0, 0.1) is 5.92 Å². The Labute approximate surface area is 98.7 Å². The summed E-state index contributed by atoms with van der Waals surface area (Å²) in [6.45, 7) is 1.40. The van der Waals surface area contributed by atoms with Crippen LogP contribution >= 0.6 is 0 Å². The number of rotatable bonds is 3. The Hall–Kier alpha value is -2.16. The van der Waals surface area contributed by atoms with Crippen molar-refractivity contribution < 1.29 is 14.7 Å². The minimum Gasteiger partial charge on any atom is -0.481 e. The summed E-state index contributed by atoms with van der Waals surface area (Å²) in [5, 5.41) is 10.8. The van der Waals surface area contributed by atoms with Crippen LogP contribution in [0.4, 0.5) is 0 Å². The Balaban J connectivity index is 2.43. The van der Waals surface area contributed by atoms with Crippen molar-refractivity contribution in [2.45, 2.75) is 6.92 Å². The van der Waals surface area contributed by atoms with Gasteiger partial charge in [-0.15, -0.1) is 0 Å². The smallest absolute Gasteiger partial charge is 0.314 e. The van der Waals surface area contributed by atoms with Gasteiger partial charge >= 0.3 is 5.97 Å². The van der Waals surface area contributed by atoms with E-state index in [0.29, 0.717) is 5.56 Å². The number of hydrogen-bond acceptors (Lipinski definition) is 2. The Morgan fingerprint density at radius 2 is 1.71 bits per heavy atom. The molecule has 0 bridgehead atoms. The lowest BCUT2D eigenvalue weighted by molar-refractivity contribution is -0.139. The monoisotopic (exact) mass is 228 g/mol. The molecule has 0 saturated heterocycles. The van der Waals surface area contributed by atoms with E-state index in [1.165, 1.54) is 6.92 Å². The molecule has 0 aliphatic rings. The number of ketones is 1. The molecule has 0 aliphatic carbocycles. The molecule has 0 heterocycles. The fraction of sp³-hybridized carbons (Fsp3) is 0.143. The van der Waals surface area contributed by atoms with Crippen molar-refractivity contribution in [3.63, 3.8) is 0 Å². The second-order valence-corrected chi connectivity index (χ2v) is 3.99. The lowest BCUT2D eigenvalue weighted by Gasteiger charge is -2.06. The molecule has 0 aliphatic heterocycles. The van der Waals surface area contributed by atoms with Gasteiger partial charge in [-0.2, -0.15) is 0 Å². The van der Waals surface area contributed by atoms with Crippen molar-refractivity contribution in [1.29, 1.82) is 0 Å². The van der Waals surface area contributed by atoms with Gasteiger partial charge < -0.3 is 5.11 Å². The zero-order valence-corrected chi connectivity index (χ0v) is 9.38. The molecule has 0 amide bonds. The van der Waals surface area contributed by atoms with E-state index in [-0.39, 0.29) is 5.78 Å². The Bertz CT molecular complexity index is 587. The van der Waals surface area contributed by atoms with Crippen molar-refractivity contribution in [1.82, 2.24) is 0 Å². The standard InChI is InChI=1S/C14H12O3/c1-9(14(16)17)13(15)12-7-6-10-4-2-3-5-11(10)8-12/h2-9H,1H3,(H,16,17). The minimum absolute atomic E-state index is 0.358. The van der Waals surface area contributed by atoms with Gasteiger partial charge in [-0.1, -0.05) is 36.4 Å². The van der Waals surface area contributed by atoms with Gasteiger partial charge in [-0.05, 0) is 23.8 Å². The van der Waals surface area contributed by atoms with E-state index in [0.717, 1.165) is 10.8 Å². The van der Waals surface area contributed by atoms with Crippen molar-refractivity contribution >= 4 is 22.5 Å². The maximum absolute atomic E-state index is 11.8. The normalized spacial score (nSPS) is 12.3. The zero-order chi connectivity index (χ0) is 12.4. The lowest BCUT2D eigenvalue weighted by Crippen LogP contribution is -2.20. The maximum atomic E-state index is 11.8. The van der Waals surface area contributed by atoms with Crippen molar-refractivity contribution in [2.24, 2.45) is 5.92 Å². The number of benzene rings is 2. The fourth-order valence-electron chi connectivity index (χ4n) is 1.70. The molecule has 0 spiro atoms. The van der Waals surface area contributed by atoms with E-state index in [9.17, 15) is 9.59 Å². The topological polar surface area (TPSA) is 54.4 Å². The summed E-state index contributed by atoms with van der Waals surface area (Å²) in [6, 6.07) is 12.9. The first-order chi connectivity index (χ1) is 8.09. The molecule has 0 radical (unpaired) electrons. The lowest BCUT2D eigenvalue weighted by atomic mass is 9.97. The van der Waals surface area contributed by atoms with E-state index in [1.807, 2.05) is 30.3 Å². The van der Waals surface area contributed by atoms with Crippen LogP contribution in [0.1, 0.15) is 17.3 Å². The highest BCUT2D eigenvalue weighted by molar-refractivity contribution is 6.09. The number of carboxylic acid groups (broad SMARTS) is 1. The molecule has 17 heavy (non-hydrogen) atoms. The molecular formula is C14H12O3. The highest BCUT2D eigenvalue weighted by atomic mass is 16.4. The van der Waals surface area contributed by atoms with Crippen LogP contribution in [-0.2, 0) is 4.79 Å². The second kappa shape index (κ2) is 4.37. The molecule has 3 nitrogen and oxygen atoms in total. The number of aliphatic carboxylic acids is 1. The predicted molar refractivity (Wildman–Crippen MR) is 65.1 cm³/mol. The van der Waals surface area contributed by atoms with Crippen LogP contribution in [0.3, 0.4) is 0 Å². The molecular weight excluding hydrogens is 216 g/mol. The van der Waals surface area contributed by atoms with Crippen LogP contribution in [0.15, 0.2) is 42.5 Å². The summed E-state index contributed by atoms with van der Waals surface area (Å²) in [5.74, 6) is -2.46. The predicted octanol–water partition coefficient (Wildman–Crippen LogP) is 2.74. The molecule has 0 aromatic heterocycles. The quantitative estimate of drug-likeness (QED) is 0.649. The van der Waals surface area contributed by atoms with Crippen LogP contribution in [0.5, 0.6) is 0 Å². The first kappa shape index (κ1) is 11.3. The largest absolute Gasteiger partial charge is 0.481 e. The molecule has 2 aromatic rings. The maximum Gasteiger partial charge on any atom is 0.314 e. The summed E-state index contributed by atoms with van der Waals surface area (Å²) in [5.41, 5.74) is 0.443. The molecule has 1 unspecified atom stereocenters. The van der Waals surface area contributed by atoms with Gasteiger partial charge in [0.1, 0.15) is 5.92 Å². The summed E-state index contributed by atoms with van der Waals surface area (Å²) in [7, 11) is 0. The first-order valence-electron chi connectivity index (χ1n) is 5.35. The fourth-order valence-corrected chi connectivity index (χ4v) is 1.70. The number of hydrogen-bond donors (Lipinski definition) is 1. The third-order valence-corrected chi connectivity index (χ3v) is 2.80. The first-order valence-corrected chi connectivity index (χ1v) is 5.35. The van der Waals surface area contributed by atoms with Gasteiger partial charge in [0.25, 0.3) is 0 Å². The number of carbonyl (C=O) groups is 2. The van der Waals surface area contributed by atoms with E-state index >= 15 is 0 Å². The van der Waals surface area contributed by atoms with Crippen molar-refractivity contribution in [3.8, 4) is 0 Å². The van der Waals surface area contributed by atoms with Gasteiger partial charge in [0.05, 0.1) is 0 Å². The van der Waals surface area contributed by atoms with Crippen LogP contribution in [-0.4, -0.2) is 16.9 Å². The number of Topliss-reactive ketones (excluding diaryl/α,β-unsaturated/α-hetero) is 1. The van der Waals surface area contributed by atoms with Crippen LogP contribution in [0.25, 0.3) is 10.8 Å². The third kappa shape index (κ3) is 2.18. The number of fused-ring (bicyclic) bond motifs is 1. The molecule has 1 N–H and O–H groups in total. The SMILES string of the molecule is CC(C(=O)O)C(=O)c1ccc2ccccc2c1. The second-order valence-electron chi connectivity index (χ2n) is 3.99. The third-order valence-electron chi connectivity index (χ3n) is 2.80. The molecule has 2 aromatic carbocycles. The molecule has 2 rings (SSSR count). The average Bonchev–Trinajstić information content (AvgIpc) is 2.36. The van der Waals surface area contributed by atoms with Gasteiger partial charge in [0, 0.05) is 5.56 Å². The Morgan fingerprint density at radius 3 is 2.35 bits per heavy atom. The summed E-state index contributed by atoms with van der Waals surface area (Å²) in [6.07, 6.45) is 0. The molecule has 1 atom stereocenters. The average molecular weight is 228 g/mol. The van der Waals surface area contributed by atoms with E-state index in [4.69, 9.17) is 5.11 Å². The summed E-state index contributed by atoms with van der Waals surface area (Å²) in [4.78, 5) is 22.6. The highest BCUT2D eigenvalue weighted by Gasteiger charge is 2.21. The van der Waals surface area contributed by atoms with Crippen molar-refractivity contribution in [3.05, 3.63) is 48.0 Å². The van der Waals surface area contributed by atoms with E-state index in [2.05, 4.69) is 0 Å². The Morgan fingerprint density at radius 1 is 1.06 bits per heavy atom. The summed E-state index contributed by atoms with van der Waals surface area (Å²) >= 11 is 0. The van der Waals surface area contributed by atoms with Gasteiger partial charge in [-0.3, -0.25) is 9.59 Å². The van der Waals surface area contributed by atoms with E-state index in [1.54, 1.807) is 12.1 Å². The number of carboxylic acids is 1. The van der Waals surface area contributed by atoms with Gasteiger partial charge in [-0.25, -0.2) is 0 Å². The summed E-state index contributed by atoms with van der Waals surface area (Å²) < 4.78 is 0.